The largest absolute Gasteiger partial charge is 0.393 e. The number of nitrogens with one attached hydrogen (secondary N) is 3. The van der Waals surface area contributed by atoms with Crippen LogP contribution in [-0.4, -0.2) is 29.3 Å². The zero-order valence-corrected chi connectivity index (χ0v) is 14.1. The van der Waals surface area contributed by atoms with E-state index in [4.69, 9.17) is 12.2 Å². The maximum atomic E-state index is 12.1. The Bertz CT molecular complexity index is 547. The third-order valence-electron chi connectivity index (χ3n) is 3.73. The molecule has 1 aromatic carbocycles. The average molecular weight is 372 g/mol. The van der Waals surface area contributed by atoms with Gasteiger partial charge in [0.1, 0.15) is 0 Å². The number of halogens is 1. The van der Waals surface area contributed by atoms with Crippen LogP contribution in [0.25, 0.3) is 0 Å². The number of amides is 1. The highest BCUT2D eigenvalue weighted by Crippen LogP contribution is 2.47. The fourth-order valence-corrected chi connectivity index (χ4v) is 3.13. The molecular weight excluding hydrogens is 354 g/mol. The van der Waals surface area contributed by atoms with Gasteiger partial charge in [0.2, 0.25) is 5.91 Å². The number of carbonyl (C=O) groups excluding carboxylic acids is 1. The first-order valence-corrected chi connectivity index (χ1v) is 7.86. The van der Waals surface area contributed by atoms with Crippen LogP contribution >= 0.6 is 28.1 Å². The quantitative estimate of drug-likeness (QED) is 0.476. The van der Waals surface area contributed by atoms with Crippen LogP contribution in [0, 0.1) is 0 Å². The maximum absolute atomic E-state index is 12.1. The Hall–Kier alpha value is -1.18. The molecule has 114 valence electrons. The Kier molecular flexibility index (Phi) is 5.18. The van der Waals surface area contributed by atoms with Crippen molar-refractivity contribution in [2.75, 3.05) is 7.05 Å². The van der Waals surface area contributed by atoms with Crippen molar-refractivity contribution >= 4 is 39.2 Å². The van der Waals surface area contributed by atoms with Gasteiger partial charge in [-0.1, -0.05) is 28.1 Å². The zero-order valence-electron chi connectivity index (χ0n) is 11.6. The molecule has 1 amide bonds. The summed E-state index contributed by atoms with van der Waals surface area (Å²) in [5.74, 6) is -0.153. The minimum Gasteiger partial charge on any atom is -0.393 e. The van der Waals surface area contributed by atoms with Crippen LogP contribution in [0.3, 0.4) is 0 Å². The summed E-state index contributed by atoms with van der Waals surface area (Å²) in [6.45, 7) is 0. The van der Waals surface area contributed by atoms with Gasteiger partial charge in [-0.15, -0.1) is 0 Å². The Labute approximate surface area is 137 Å². The molecule has 4 N–H and O–H groups in total. The van der Waals surface area contributed by atoms with Crippen LogP contribution in [0.1, 0.15) is 24.8 Å². The van der Waals surface area contributed by atoms with Crippen LogP contribution in [0.15, 0.2) is 28.7 Å². The fourth-order valence-electron chi connectivity index (χ4n) is 2.68. The van der Waals surface area contributed by atoms with Crippen molar-refractivity contribution in [3.8, 4) is 0 Å². The third-order valence-corrected chi connectivity index (χ3v) is 4.53. The molecule has 0 aromatic heterocycles. The van der Waals surface area contributed by atoms with E-state index >= 15 is 0 Å². The second kappa shape index (κ2) is 6.72. The molecule has 0 aliphatic heterocycles. The highest BCUT2D eigenvalue weighted by molar-refractivity contribution is 9.10. The fraction of sp³-hybridized carbons (Fsp3) is 0.429. The number of carbonyl (C=O) groups is 1. The number of hydrazine groups is 1. The van der Waals surface area contributed by atoms with Crippen molar-refractivity contribution in [2.45, 2.75) is 30.8 Å². The summed E-state index contributed by atoms with van der Waals surface area (Å²) in [5, 5.41) is 12.8. The molecule has 1 aliphatic carbocycles. The molecule has 1 fully saturated rings. The lowest BCUT2D eigenvalue weighted by Gasteiger charge is -2.45. The van der Waals surface area contributed by atoms with E-state index in [1.807, 2.05) is 24.3 Å². The molecule has 0 saturated heterocycles. The Morgan fingerprint density at radius 1 is 1.48 bits per heavy atom. The van der Waals surface area contributed by atoms with E-state index in [0.29, 0.717) is 24.4 Å². The Balaban J connectivity index is 2.06. The van der Waals surface area contributed by atoms with Gasteiger partial charge in [0.05, 0.1) is 6.10 Å². The summed E-state index contributed by atoms with van der Waals surface area (Å²) in [7, 11) is 1.67. The number of benzene rings is 1. The van der Waals surface area contributed by atoms with Gasteiger partial charge in [-0.25, -0.2) is 0 Å². The molecule has 0 heterocycles. The van der Waals surface area contributed by atoms with Gasteiger partial charge in [-0.3, -0.25) is 15.6 Å². The first kappa shape index (κ1) is 16.2. The van der Waals surface area contributed by atoms with E-state index in [9.17, 15) is 9.90 Å². The number of rotatable bonds is 3. The number of thiocarbonyl (C=S) groups is 1. The van der Waals surface area contributed by atoms with Crippen molar-refractivity contribution in [3.05, 3.63) is 34.3 Å². The molecule has 1 aliphatic rings. The molecule has 0 bridgehead atoms. The van der Waals surface area contributed by atoms with E-state index in [-0.39, 0.29) is 17.4 Å². The monoisotopic (exact) mass is 371 g/mol. The van der Waals surface area contributed by atoms with Crippen LogP contribution in [0.2, 0.25) is 0 Å². The molecule has 5 nitrogen and oxygen atoms in total. The lowest BCUT2D eigenvalue weighted by atomic mass is 9.61. The molecule has 0 spiro atoms. The highest BCUT2D eigenvalue weighted by atomic mass is 79.9. The molecule has 7 heteroatoms. The predicted octanol–water partition coefficient (Wildman–Crippen LogP) is 1.36. The van der Waals surface area contributed by atoms with Gasteiger partial charge < -0.3 is 10.4 Å². The molecule has 1 aromatic rings. The molecular formula is C14H18BrN3O2S. The van der Waals surface area contributed by atoms with Crippen molar-refractivity contribution < 1.29 is 9.90 Å². The lowest BCUT2D eigenvalue weighted by molar-refractivity contribution is -0.125. The maximum Gasteiger partial charge on any atom is 0.239 e. The molecule has 0 unspecified atom stereocenters. The third kappa shape index (κ3) is 3.93. The van der Waals surface area contributed by atoms with E-state index in [0.717, 1.165) is 10.0 Å². The van der Waals surface area contributed by atoms with Crippen LogP contribution in [0.4, 0.5) is 0 Å². The van der Waals surface area contributed by atoms with Gasteiger partial charge in [0.25, 0.3) is 0 Å². The van der Waals surface area contributed by atoms with Crippen LogP contribution in [-0.2, 0) is 10.2 Å². The van der Waals surface area contributed by atoms with Crippen molar-refractivity contribution in [3.63, 3.8) is 0 Å². The topological polar surface area (TPSA) is 73.4 Å². The SMILES string of the molecule is CNC(=S)NNC(=O)CC1(c2cccc(Br)c2)CC(O)C1. The number of hydrogen-bond donors (Lipinski definition) is 4. The van der Waals surface area contributed by atoms with Gasteiger partial charge in [-0.05, 0) is 42.8 Å². The van der Waals surface area contributed by atoms with Crippen molar-refractivity contribution in [1.82, 2.24) is 16.2 Å². The minimum absolute atomic E-state index is 0.153. The summed E-state index contributed by atoms with van der Waals surface area (Å²) in [6.07, 6.45) is 1.14. The van der Waals surface area contributed by atoms with E-state index in [1.54, 1.807) is 7.05 Å². The molecule has 21 heavy (non-hydrogen) atoms. The minimum atomic E-state index is -0.344. The second-order valence-corrected chi connectivity index (χ2v) is 6.61. The van der Waals surface area contributed by atoms with Gasteiger partial charge in [0.15, 0.2) is 5.11 Å². The van der Waals surface area contributed by atoms with E-state index in [2.05, 4.69) is 32.1 Å². The standard InChI is InChI=1S/C14H18BrN3O2S/c1-16-13(21)18-17-12(20)8-14(6-11(19)7-14)9-3-2-4-10(15)5-9/h2-5,11,19H,6-8H2,1H3,(H,17,20)(H2,16,18,21). The Morgan fingerprint density at radius 2 is 2.19 bits per heavy atom. The summed E-state index contributed by atoms with van der Waals surface area (Å²) in [5.41, 5.74) is 5.95. The summed E-state index contributed by atoms with van der Waals surface area (Å²) < 4.78 is 0.968. The van der Waals surface area contributed by atoms with Gasteiger partial charge in [0, 0.05) is 23.4 Å². The number of aliphatic hydroxyl groups excluding tert-OH is 1. The van der Waals surface area contributed by atoms with Gasteiger partial charge >= 0.3 is 0 Å². The number of hydrogen-bond acceptors (Lipinski definition) is 3. The predicted molar refractivity (Wildman–Crippen MR) is 88.6 cm³/mol. The average Bonchev–Trinajstić information content (AvgIpc) is 2.42. The van der Waals surface area contributed by atoms with Crippen LogP contribution < -0.4 is 16.2 Å². The van der Waals surface area contributed by atoms with Crippen molar-refractivity contribution in [2.24, 2.45) is 0 Å². The smallest absolute Gasteiger partial charge is 0.239 e. The normalized spacial score (nSPS) is 23.9. The second-order valence-electron chi connectivity index (χ2n) is 5.28. The molecule has 2 rings (SSSR count). The summed E-state index contributed by atoms with van der Waals surface area (Å²) in [4.78, 5) is 12.1. The summed E-state index contributed by atoms with van der Waals surface area (Å²) >= 11 is 8.35. The highest BCUT2D eigenvalue weighted by Gasteiger charge is 2.46. The van der Waals surface area contributed by atoms with Gasteiger partial charge in [-0.2, -0.15) is 0 Å². The van der Waals surface area contributed by atoms with E-state index < -0.39 is 0 Å². The number of aliphatic hydroxyl groups is 1. The van der Waals surface area contributed by atoms with Crippen molar-refractivity contribution in [1.29, 1.82) is 0 Å². The lowest BCUT2D eigenvalue weighted by Crippen LogP contribution is -2.51. The summed E-state index contributed by atoms with van der Waals surface area (Å²) in [6, 6.07) is 7.89. The molecule has 0 atom stereocenters. The first-order chi connectivity index (χ1) is 9.95. The Morgan fingerprint density at radius 3 is 2.76 bits per heavy atom. The first-order valence-electron chi connectivity index (χ1n) is 6.66. The zero-order chi connectivity index (χ0) is 15.5. The van der Waals surface area contributed by atoms with E-state index in [1.165, 1.54) is 0 Å². The molecule has 1 saturated carbocycles. The molecule has 0 radical (unpaired) electrons. The van der Waals surface area contributed by atoms with Crippen LogP contribution in [0.5, 0.6) is 0 Å².